The molecule has 2 unspecified atom stereocenters. The highest BCUT2D eigenvalue weighted by atomic mass is 16.2. The highest BCUT2D eigenvalue weighted by molar-refractivity contribution is 5.98. The summed E-state index contributed by atoms with van der Waals surface area (Å²) in [7, 11) is 3.54. The van der Waals surface area contributed by atoms with Gasteiger partial charge in [0.1, 0.15) is 17.2 Å². The number of fused-ring (bicyclic) bond motifs is 3. The lowest BCUT2D eigenvalue weighted by Gasteiger charge is -2.42. The third-order valence-corrected chi connectivity index (χ3v) is 8.22. The van der Waals surface area contributed by atoms with Crippen molar-refractivity contribution in [2.75, 3.05) is 32.5 Å². The van der Waals surface area contributed by atoms with Gasteiger partial charge >= 0.3 is 0 Å². The van der Waals surface area contributed by atoms with Crippen LogP contribution >= 0.6 is 0 Å². The summed E-state index contributed by atoms with van der Waals surface area (Å²) in [6.45, 7) is 3.45. The SMILES string of the molecule is Cc1cc(Nc2ncc3cc(C(=O)N(C)C)n(C4CCCC4)c3n2)ncc1C(=O)N1CC2CCCC(C1)N2. The summed E-state index contributed by atoms with van der Waals surface area (Å²) in [4.78, 5) is 43.7. The minimum atomic E-state index is -0.0323. The highest BCUT2D eigenvalue weighted by Gasteiger charge is 2.33. The molecule has 6 rings (SSSR count). The lowest BCUT2D eigenvalue weighted by atomic mass is 9.93. The summed E-state index contributed by atoms with van der Waals surface area (Å²) in [5.74, 6) is 1.01. The summed E-state index contributed by atoms with van der Waals surface area (Å²) in [6.07, 6.45) is 11.3. The van der Waals surface area contributed by atoms with Gasteiger partial charge in [0.15, 0.2) is 0 Å². The number of amides is 2. The van der Waals surface area contributed by atoms with Crippen LogP contribution in [0.2, 0.25) is 0 Å². The molecule has 2 aliphatic heterocycles. The van der Waals surface area contributed by atoms with Crippen LogP contribution in [0, 0.1) is 6.92 Å². The zero-order valence-corrected chi connectivity index (χ0v) is 22.4. The van der Waals surface area contributed by atoms with E-state index in [1.165, 1.54) is 6.42 Å². The Morgan fingerprint density at radius 3 is 2.42 bits per heavy atom. The van der Waals surface area contributed by atoms with Crippen molar-refractivity contribution in [3.05, 3.63) is 41.3 Å². The molecule has 3 aliphatic rings. The van der Waals surface area contributed by atoms with E-state index in [-0.39, 0.29) is 17.9 Å². The standard InChI is InChI=1S/C28H36N8O2/c1-17-11-24(29-14-22(17)26(37)35-15-19-7-6-8-20(16-35)31-19)32-28-30-13-18-12-23(27(38)34(2)3)36(25(18)33-28)21-9-4-5-10-21/h11-14,19-21,31H,4-10,15-16H2,1-3H3,(H,29,30,32,33). The molecule has 0 aromatic carbocycles. The molecule has 1 aliphatic carbocycles. The van der Waals surface area contributed by atoms with E-state index in [4.69, 9.17) is 4.98 Å². The van der Waals surface area contributed by atoms with Crippen LogP contribution in [0.25, 0.3) is 11.0 Å². The predicted octanol–water partition coefficient (Wildman–Crippen LogP) is 3.66. The van der Waals surface area contributed by atoms with Gasteiger partial charge in [0.2, 0.25) is 5.95 Å². The minimum Gasteiger partial charge on any atom is -0.343 e. The minimum absolute atomic E-state index is 0.0323. The second-order valence-corrected chi connectivity index (χ2v) is 11.2. The Balaban J connectivity index is 1.25. The molecule has 3 aromatic heterocycles. The number of nitrogens with zero attached hydrogens (tertiary/aromatic N) is 6. The Kier molecular flexibility index (Phi) is 6.51. The maximum atomic E-state index is 13.3. The van der Waals surface area contributed by atoms with Gasteiger partial charge in [-0.3, -0.25) is 9.59 Å². The van der Waals surface area contributed by atoms with E-state index in [1.807, 2.05) is 24.0 Å². The van der Waals surface area contributed by atoms with Crippen LogP contribution in [-0.2, 0) is 0 Å². The first-order valence-corrected chi connectivity index (χ1v) is 13.8. The summed E-state index contributed by atoms with van der Waals surface area (Å²) >= 11 is 0. The molecular formula is C28H36N8O2. The van der Waals surface area contributed by atoms with Gasteiger partial charge in [-0.1, -0.05) is 19.3 Å². The molecule has 200 valence electrons. The number of piperidine rings is 1. The van der Waals surface area contributed by atoms with Crippen LogP contribution in [0.5, 0.6) is 0 Å². The zero-order chi connectivity index (χ0) is 26.4. The first-order valence-electron chi connectivity index (χ1n) is 13.8. The Hall–Kier alpha value is -3.53. The molecule has 2 N–H and O–H groups in total. The van der Waals surface area contributed by atoms with Crippen LogP contribution in [0.3, 0.4) is 0 Å². The normalized spacial score (nSPS) is 21.6. The highest BCUT2D eigenvalue weighted by Crippen LogP contribution is 2.35. The number of rotatable bonds is 5. The summed E-state index contributed by atoms with van der Waals surface area (Å²) in [6, 6.07) is 4.81. The number of nitrogens with one attached hydrogen (secondary N) is 2. The third kappa shape index (κ3) is 4.62. The molecule has 10 heteroatoms. The first kappa shape index (κ1) is 24.8. The van der Waals surface area contributed by atoms with Crippen LogP contribution in [-0.4, -0.2) is 80.4 Å². The Morgan fingerprint density at radius 2 is 1.74 bits per heavy atom. The molecule has 38 heavy (non-hydrogen) atoms. The van der Waals surface area contributed by atoms with Crippen molar-refractivity contribution < 1.29 is 9.59 Å². The lowest BCUT2D eigenvalue weighted by molar-refractivity contribution is 0.0607. The summed E-state index contributed by atoms with van der Waals surface area (Å²) < 4.78 is 2.10. The molecule has 2 amide bonds. The number of hydrogen-bond donors (Lipinski definition) is 2. The lowest BCUT2D eigenvalue weighted by Crippen LogP contribution is -2.59. The van der Waals surface area contributed by atoms with E-state index in [0.29, 0.717) is 35.1 Å². The molecule has 3 aromatic rings. The summed E-state index contributed by atoms with van der Waals surface area (Å²) in [5.41, 5.74) is 2.91. The van der Waals surface area contributed by atoms with E-state index < -0.39 is 0 Å². The molecule has 1 saturated carbocycles. The smallest absolute Gasteiger partial charge is 0.270 e. The monoisotopic (exact) mass is 516 g/mol. The average molecular weight is 517 g/mol. The maximum Gasteiger partial charge on any atom is 0.270 e. The molecule has 3 fully saturated rings. The fourth-order valence-electron chi connectivity index (χ4n) is 6.30. The van der Waals surface area contributed by atoms with Gasteiger partial charge in [-0.2, -0.15) is 4.98 Å². The zero-order valence-electron chi connectivity index (χ0n) is 22.4. The Labute approximate surface area is 222 Å². The Morgan fingerprint density at radius 1 is 1.00 bits per heavy atom. The molecule has 0 spiro atoms. The Bertz CT molecular complexity index is 1360. The average Bonchev–Trinajstić information content (AvgIpc) is 3.55. The first-order chi connectivity index (χ1) is 18.4. The number of aryl methyl sites for hydroxylation is 1. The van der Waals surface area contributed by atoms with Crippen LogP contribution in [0.1, 0.15) is 77.4 Å². The molecule has 10 nitrogen and oxygen atoms in total. The van der Waals surface area contributed by atoms with Gasteiger partial charge in [-0.15, -0.1) is 0 Å². The predicted molar refractivity (Wildman–Crippen MR) is 146 cm³/mol. The van der Waals surface area contributed by atoms with E-state index in [1.54, 1.807) is 31.4 Å². The van der Waals surface area contributed by atoms with Crippen molar-refractivity contribution in [2.45, 2.75) is 70.0 Å². The molecule has 5 heterocycles. The van der Waals surface area contributed by atoms with Gasteiger partial charge in [-0.05, 0) is 50.3 Å². The fourth-order valence-corrected chi connectivity index (χ4v) is 6.30. The molecule has 2 bridgehead atoms. The van der Waals surface area contributed by atoms with Crippen molar-refractivity contribution in [1.82, 2.24) is 34.6 Å². The van der Waals surface area contributed by atoms with Crippen molar-refractivity contribution in [3.8, 4) is 0 Å². The third-order valence-electron chi connectivity index (χ3n) is 8.22. The van der Waals surface area contributed by atoms with Crippen molar-refractivity contribution in [1.29, 1.82) is 0 Å². The van der Waals surface area contributed by atoms with Crippen LogP contribution in [0.15, 0.2) is 24.5 Å². The van der Waals surface area contributed by atoms with Crippen molar-refractivity contribution in [2.24, 2.45) is 0 Å². The number of hydrogen-bond acceptors (Lipinski definition) is 7. The van der Waals surface area contributed by atoms with Gasteiger partial charge in [0, 0.05) is 63.1 Å². The second-order valence-electron chi connectivity index (χ2n) is 11.2. The van der Waals surface area contributed by atoms with Crippen molar-refractivity contribution in [3.63, 3.8) is 0 Å². The van der Waals surface area contributed by atoms with E-state index in [2.05, 4.69) is 25.2 Å². The fraction of sp³-hybridized carbons (Fsp3) is 0.536. The van der Waals surface area contributed by atoms with Gasteiger partial charge in [-0.25, -0.2) is 9.97 Å². The largest absolute Gasteiger partial charge is 0.343 e. The number of aromatic nitrogens is 4. The van der Waals surface area contributed by atoms with E-state index in [0.717, 1.165) is 68.2 Å². The topological polar surface area (TPSA) is 108 Å². The van der Waals surface area contributed by atoms with Crippen LogP contribution < -0.4 is 10.6 Å². The van der Waals surface area contributed by atoms with Gasteiger partial charge in [0.05, 0.1) is 5.56 Å². The number of carbonyl (C=O) groups excluding carboxylic acids is 2. The quantitative estimate of drug-likeness (QED) is 0.533. The number of piperazine rings is 1. The maximum absolute atomic E-state index is 13.3. The van der Waals surface area contributed by atoms with Crippen LogP contribution in [0.4, 0.5) is 11.8 Å². The summed E-state index contributed by atoms with van der Waals surface area (Å²) in [5, 5.41) is 7.69. The number of carbonyl (C=O) groups is 2. The molecule has 0 radical (unpaired) electrons. The molecule has 2 saturated heterocycles. The number of anilines is 2. The van der Waals surface area contributed by atoms with Gasteiger partial charge in [0.25, 0.3) is 11.8 Å². The number of pyridine rings is 1. The van der Waals surface area contributed by atoms with E-state index >= 15 is 0 Å². The number of likely N-dealkylation sites (tertiary alicyclic amines) is 1. The molecule has 2 atom stereocenters. The van der Waals surface area contributed by atoms with Gasteiger partial charge < -0.3 is 25.0 Å². The van der Waals surface area contributed by atoms with E-state index in [9.17, 15) is 9.59 Å². The van der Waals surface area contributed by atoms with Crippen molar-refractivity contribution >= 4 is 34.6 Å². The molecular weight excluding hydrogens is 480 g/mol. The second kappa shape index (κ2) is 9.98.